The van der Waals surface area contributed by atoms with Crippen molar-refractivity contribution in [3.05, 3.63) is 0 Å². The lowest BCUT2D eigenvalue weighted by atomic mass is 10.0. The number of aliphatic hydroxyl groups excluding tert-OH is 1. The highest BCUT2D eigenvalue weighted by molar-refractivity contribution is 5.51. The van der Waals surface area contributed by atoms with E-state index in [0.717, 1.165) is 12.8 Å². The number of unbranched alkanes of at least 4 members (excludes halogenated alkanes) is 14. The Kier molecular flexibility index (Phi) is 18.4. The highest BCUT2D eigenvalue weighted by Gasteiger charge is 2.02. The molecule has 22 heavy (non-hydrogen) atoms. The van der Waals surface area contributed by atoms with Gasteiger partial charge in [0.15, 0.2) is 0 Å². The summed E-state index contributed by atoms with van der Waals surface area (Å²) in [5, 5.41) is 9.39. The Morgan fingerprint density at radius 1 is 0.682 bits per heavy atom. The van der Waals surface area contributed by atoms with E-state index in [-0.39, 0.29) is 6.42 Å². The summed E-state index contributed by atoms with van der Waals surface area (Å²) in [4.78, 5) is 10.1. The first kappa shape index (κ1) is 21.6. The normalized spacial score (nSPS) is 12.5. The molecule has 1 radical (unpaired) electrons. The van der Waals surface area contributed by atoms with E-state index in [1.807, 2.05) is 0 Å². The summed E-state index contributed by atoms with van der Waals surface area (Å²) in [7, 11) is 0. The molecule has 1 unspecified atom stereocenters. The van der Waals surface area contributed by atoms with Gasteiger partial charge in [-0.1, -0.05) is 103 Å². The van der Waals surface area contributed by atoms with Crippen LogP contribution in [-0.4, -0.2) is 17.5 Å². The Balaban J connectivity index is 3.01. The molecule has 0 rings (SSSR count). The minimum absolute atomic E-state index is 0.179. The van der Waals surface area contributed by atoms with Crippen molar-refractivity contribution in [2.24, 2.45) is 0 Å². The maximum absolute atomic E-state index is 10.1. The van der Waals surface area contributed by atoms with Crippen LogP contribution in [0.3, 0.4) is 0 Å². The molecule has 0 heterocycles. The second-order valence-electron chi connectivity index (χ2n) is 6.74. The first-order valence-corrected chi connectivity index (χ1v) is 9.84. The predicted molar refractivity (Wildman–Crippen MR) is 95.9 cm³/mol. The van der Waals surface area contributed by atoms with Crippen molar-refractivity contribution in [3.63, 3.8) is 0 Å². The number of aliphatic hydroxyl groups is 1. The van der Waals surface area contributed by atoms with E-state index in [4.69, 9.17) is 0 Å². The summed E-state index contributed by atoms with van der Waals surface area (Å²) >= 11 is 0. The van der Waals surface area contributed by atoms with Crippen LogP contribution in [0.4, 0.5) is 0 Å². The highest BCUT2D eigenvalue weighted by Crippen LogP contribution is 2.14. The Morgan fingerprint density at radius 2 is 1.05 bits per heavy atom. The minimum atomic E-state index is -0.459. The van der Waals surface area contributed by atoms with E-state index in [0.29, 0.717) is 0 Å². The van der Waals surface area contributed by atoms with Crippen molar-refractivity contribution >= 4 is 6.29 Å². The molecule has 1 atom stereocenters. The Hall–Kier alpha value is -0.370. The topological polar surface area (TPSA) is 37.3 Å². The number of carbonyl (C=O) groups excluding carboxylic acids is 1. The van der Waals surface area contributed by atoms with E-state index >= 15 is 0 Å². The molecule has 0 amide bonds. The van der Waals surface area contributed by atoms with Crippen LogP contribution in [-0.2, 0) is 4.79 Å². The zero-order valence-corrected chi connectivity index (χ0v) is 15.0. The highest BCUT2D eigenvalue weighted by atomic mass is 16.3. The van der Waals surface area contributed by atoms with Gasteiger partial charge in [0.05, 0.1) is 6.10 Å². The van der Waals surface area contributed by atoms with Crippen molar-refractivity contribution in [2.75, 3.05) is 0 Å². The van der Waals surface area contributed by atoms with Crippen LogP contribution in [0.2, 0.25) is 0 Å². The van der Waals surface area contributed by atoms with Crippen LogP contribution in [0.15, 0.2) is 0 Å². The van der Waals surface area contributed by atoms with E-state index in [1.165, 1.54) is 89.9 Å². The number of hydrogen-bond donors (Lipinski definition) is 1. The molecule has 0 spiro atoms. The lowest BCUT2D eigenvalue weighted by Gasteiger charge is -2.06. The molecule has 0 aliphatic carbocycles. The van der Waals surface area contributed by atoms with Gasteiger partial charge in [0.2, 0.25) is 6.29 Å². The third-order valence-corrected chi connectivity index (χ3v) is 4.46. The van der Waals surface area contributed by atoms with Gasteiger partial charge in [-0.2, -0.15) is 0 Å². The van der Waals surface area contributed by atoms with Gasteiger partial charge in [0, 0.05) is 6.42 Å². The maximum atomic E-state index is 10.1. The molecule has 0 aromatic heterocycles. The van der Waals surface area contributed by atoms with Crippen molar-refractivity contribution in [3.8, 4) is 0 Å². The van der Waals surface area contributed by atoms with Crippen LogP contribution in [0.1, 0.15) is 116 Å². The summed E-state index contributed by atoms with van der Waals surface area (Å²) in [6, 6.07) is 0. The molecule has 0 fully saturated rings. The van der Waals surface area contributed by atoms with Crippen molar-refractivity contribution in [1.29, 1.82) is 0 Å². The molecular formula is C20H39O2. The van der Waals surface area contributed by atoms with Crippen molar-refractivity contribution in [2.45, 2.75) is 122 Å². The zero-order chi connectivity index (χ0) is 16.3. The van der Waals surface area contributed by atoms with Crippen LogP contribution >= 0.6 is 0 Å². The number of rotatable bonds is 18. The fourth-order valence-corrected chi connectivity index (χ4v) is 2.95. The second kappa shape index (κ2) is 18.7. The Bertz CT molecular complexity index is 216. The van der Waals surface area contributed by atoms with Gasteiger partial charge in [-0.05, 0) is 6.42 Å². The van der Waals surface area contributed by atoms with E-state index < -0.39 is 6.10 Å². The van der Waals surface area contributed by atoms with E-state index in [9.17, 15) is 9.90 Å². The lowest BCUT2D eigenvalue weighted by Crippen LogP contribution is -2.06. The summed E-state index contributed by atoms with van der Waals surface area (Å²) < 4.78 is 0. The zero-order valence-electron chi connectivity index (χ0n) is 15.0. The quantitative estimate of drug-likeness (QED) is 0.310. The molecular weight excluding hydrogens is 272 g/mol. The van der Waals surface area contributed by atoms with Gasteiger partial charge in [-0.3, -0.25) is 4.79 Å². The minimum Gasteiger partial charge on any atom is -0.393 e. The fourth-order valence-electron chi connectivity index (χ4n) is 2.95. The van der Waals surface area contributed by atoms with Gasteiger partial charge >= 0.3 is 0 Å². The Labute approximate surface area is 139 Å². The third-order valence-electron chi connectivity index (χ3n) is 4.46. The van der Waals surface area contributed by atoms with E-state index in [1.54, 1.807) is 6.29 Å². The maximum Gasteiger partial charge on any atom is 0.201 e. The molecule has 0 saturated carbocycles. The average Bonchev–Trinajstić information content (AvgIpc) is 2.51. The molecule has 0 aromatic carbocycles. The van der Waals surface area contributed by atoms with Gasteiger partial charge in [-0.25, -0.2) is 0 Å². The van der Waals surface area contributed by atoms with Gasteiger partial charge in [0.1, 0.15) is 0 Å². The molecule has 0 bridgehead atoms. The SMILES string of the molecule is CCCCCCCCCCCCCCCCCC(O)C[C]=O. The smallest absolute Gasteiger partial charge is 0.201 e. The fraction of sp³-hybridized carbons (Fsp3) is 0.950. The average molecular weight is 312 g/mol. The third kappa shape index (κ3) is 17.7. The molecule has 2 heteroatoms. The van der Waals surface area contributed by atoms with Gasteiger partial charge < -0.3 is 5.11 Å². The molecule has 0 saturated heterocycles. The summed E-state index contributed by atoms with van der Waals surface area (Å²) in [6.45, 7) is 2.27. The standard InChI is InChI=1S/C20H39O2/c1-2-3-4-5-6-7-8-9-10-11-12-13-14-15-16-17-20(22)18-19-21/h20,22H,2-18H2,1H3. The molecule has 131 valence electrons. The molecule has 0 aliphatic heterocycles. The number of hydrogen-bond acceptors (Lipinski definition) is 2. The van der Waals surface area contributed by atoms with Crippen LogP contribution < -0.4 is 0 Å². The Morgan fingerprint density at radius 3 is 1.41 bits per heavy atom. The van der Waals surface area contributed by atoms with E-state index in [2.05, 4.69) is 6.92 Å². The molecule has 1 N–H and O–H groups in total. The van der Waals surface area contributed by atoms with Gasteiger partial charge in [0.25, 0.3) is 0 Å². The predicted octanol–water partition coefficient (Wildman–Crippen LogP) is 6.11. The van der Waals surface area contributed by atoms with Crippen LogP contribution in [0.5, 0.6) is 0 Å². The lowest BCUT2D eigenvalue weighted by molar-refractivity contribution is 0.167. The monoisotopic (exact) mass is 311 g/mol. The summed E-state index contributed by atoms with van der Waals surface area (Å²) in [6.07, 6.45) is 22.6. The first-order chi connectivity index (χ1) is 10.8. The second-order valence-corrected chi connectivity index (χ2v) is 6.74. The largest absolute Gasteiger partial charge is 0.393 e. The van der Waals surface area contributed by atoms with Crippen molar-refractivity contribution < 1.29 is 9.90 Å². The summed E-state index contributed by atoms with van der Waals surface area (Å²) in [5.41, 5.74) is 0. The summed E-state index contributed by atoms with van der Waals surface area (Å²) in [5.74, 6) is 0. The van der Waals surface area contributed by atoms with Crippen molar-refractivity contribution in [1.82, 2.24) is 0 Å². The van der Waals surface area contributed by atoms with Crippen LogP contribution in [0, 0.1) is 0 Å². The molecule has 0 aliphatic rings. The molecule has 0 aromatic rings. The van der Waals surface area contributed by atoms with Crippen LogP contribution in [0.25, 0.3) is 0 Å². The molecule has 2 nitrogen and oxygen atoms in total. The van der Waals surface area contributed by atoms with Gasteiger partial charge in [-0.15, -0.1) is 0 Å². The first-order valence-electron chi connectivity index (χ1n) is 9.84.